The van der Waals surface area contributed by atoms with Crippen LogP contribution in [0.5, 0.6) is 0 Å². The number of benzene rings is 3. The van der Waals surface area contributed by atoms with Crippen LogP contribution >= 0.6 is 0 Å². The third-order valence-corrected chi connectivity index (χ3v) is 7.59. The molecule has 0 radical (unpaired) electrons. The van der Waals surface area contributed by atoms with Crippen molar-refractivity contribution in [3.63, 3.8) is 0 Å². The van der Waals surface area contributed by atoms with Crippen LogP contribution in [0.15, 0.2) is 78.9 Å². The van der Waals surface area contributed by atoms with E-state index < -0.39 is 41.8 Å². The van der Waals surface area contributed by atoms with Crippen LogP contribution < -0.4 is 10.6 Å². The Morgan fingerprint density at radius 1 is 0.881 bits per heavy atom. The first-order chi connectivity index (χ1) is 20.1. The lowest BCUT2D eigenvalue weighted by atomic mass is 9.98. The van der Waals surface area contributed by atoms with E-state index in [1.54, 1.807) is 20.8 Å². The highest BCUT2D eigenvalue weighted by molar-refractivity contribution is 5.89. The molecule has 1 aliphatic rings. The quantitative estimate of drug-likeness (QED) is 0.266. The first-order valence-electron chi connectivity index (χ1n) is 13.9. The van der Waals surface area contributed by atoms with Crippen LogP contribution in [0, 0.1) is 0 Å². The van der Waals surface area contributed by atoms with E-state index in [-0.39, 0.29) is 25.6 Å². The Bertz CT molecular complexity index is 1350. The van der Waals surface area contributed by atoms with E-state index in [0.717, 1.165) is 27.8 Å². The summed E-state index contributed by atoms with van der Waals surface area (Å²) in [4.78, 5) is 38.5. The maximum absolute atomic E-state index is 13.4. The van der Waals surface area contributed by atoms with Crippen molar-refractivity contribution >= 4 is 18.0 Å². The van der Waals surface area contributed by atoms with Gasteiger partial charge in [-0.15, -0.1) is 0 Å². The van der Waals surface area contributed by atoms with Gasteiger partial charge < -0.3 is 30.0 Å². The van der Waals surface area contributed by atoms with E-state index in [1.165, 1.54) is 7.11 Å². The van der Waals surface area contributed by atoms with Crippen molar-refractivity contribution in [2.75, 3.05) is 13.7 Å². The number of carbonyl (C=O) groups excluding carboxylic acids is 2. The van der Waals surface area contributed by atoms with Gasteiger partial charge in [-0.2, -0.15) is 0 Å². The van der Waals surface area contributed by atoms with E-state index >= 15 is 0 Å². The molecular weight excluding hydrogens is 536 g/mol. The smallest absolute Gasteiger partial charge is 0.407 e. The predicted molar refractivity (Wildman–Crippen MR) is 158 cm³/mol. The molecule has 3 N–H and O–H groups in total. The molecule has 0 spiro atoms. The number of hydrogen-bond donors (Lipinski definition) is 3. The maximum Gasteiger partial charge on any atom is 0.407 e. The summed E-state index contributed by atoms with van der Waals surface area (Å²) in [7, 11) is 1.47. The number of fused-ring (bicyclic) bond motifs is 3. The molecule has 9 heteroatoms. The first kappa shape index (κ1) is 30.7. The average molecular weight is 575 g/mol. The highest BCUT2D eigenvalue weighted by Crippen LogP contribution is 2.44. The monoisotopic (exact) mass is 574 g/mol. The number of alkyl carbamates (subject to hydrolysis) is 1. The van der Waals surface area contributed by atoms with Crippen molar-refractivity contribution in [2.45, 2.75) is 63.5 Å². The van der Waals surface area contributed by atoms with Gasteiger partial charge in [-0.3, -0.25) is 4.79 Å². The van der Waals surface area contributed by atoms with Crippen LogP contribution in [-0.2, 0) is 30.4 Å². The molecule has 0 aromatic heterocycles. The van der Waals surface area contributed by atoms with Crippen LogP contribution in [0.2, 0.25) is 0 Å². The second kappa shape index (κ2) is 13.6. The van der Waals surface area contributed by atoms with Crippen molar-refractivity contribution in [1.82, 2.24) is 10.6 Å². The predicted octanol–water partition coefficient (Wildman–Crippen LogP) is 4.88. The Morgan fingerprint density at radius 3 is 2.02 bits per heavy atom. The maximum atomic E-state index is 13.4. The van der Waals surface area contributed by atoms with E-state index in [1.807, 2.05) is 78.9 Å². The van der Waals surface area contributed by atoms with Gasteiger partial charge in [0.25, 0.3) is 0 Å². The van der Waals surface area contributed by atoms with Gasteiger partial charge in [0, 0.05) is 19.4 Å². The number of carboxylic acid groups (broad SMARTS) is 1. The van der Waals surface area contributed by atoms with Crippen LogP contribution in [0.3, 0.4) is 0 Å². The SMILES string of the molecule is COC(C)(C)CC(NC(=O)C(NC(=O)OCC1c2ccccc2-c2ccccc21)C(C)OCc1ccccc1)C(=O)O. The molecule has 0 fully saturated rings. The zero-order valence-corrected chi connectivity index (χ0v) is 24.3. The van der Waals surface area contributed by atoms with Crippen molar-refractivity contribution in [3.05, 3.63) is 95.6 Å². The lowest BCUT2D eigenvalue weighted by molar-refractivity contribution is -0.145. The molecule has 9 nitrogen and oxygen atoms in total. The van der Waals surface area contributed by atoms with Gasteiger partial charge in [0.1, 0.15) is 18.7 Å². The standard InChI is InChI=1S/C33H38N2O7/c1-21(41-19-22-12-6-5-7-13-22)29(30(36)34-28(31(37)38)18-33(2,3)40-4)35-32(39)42-20-27-25-16-10-8-14-23(25)24-15-9-11-17-26(24)27/h5-17,21,27-29H,18-20H2,1-4H3,(H,34,36)(H,35,39)(H,37,38). The van der Waals surface area contributed by atoms with Crippen LogP contribution in [0.1, 0.15) is 49.8 Å². The highest BCUT2D eigenvalue weighted by Gasteiger charge is 2.35. The normalized spacial score (nSPS) is 14.7. The third-order valence-electron chi connectivity index (χ3n) is 7.59. The molecule has 0 bridgehead atoms. The van der Waals surface area contributed by atoms with Gasteiger partial charge in [-0.1, -0.05) is 78.9 Å². The number of amides is 2. The van der Waals surface area contributed by atoms with Gasteiger partial charge >= 0.3 is 12.1 Å². The van der Waals surface area contributed by atoms with Gasteiger partial charge in [-0.25, -0.2) is 9.59 Å². The van der Waals surface area contributed by atoms with Crippen molar-refractivity contribution in [2.24, 2.45) is 0 Å². The number of aliphatic carboxylic acids is 1. The van der Waals surface area contributed by atoms with Gasteiger partial charge in [0.15, 0.2) is 0 Å². The fourth-order valence-electron chi connectivity index (χ4n) is 5.10. The lowest BCUT2D eigenvalue weighted by Gasteiger charge is -2.29. The molecule has 42 heavy (non-hydrogen) atoms. The zero-order chi connectivity index (χ0) is 30.3. The number of hydrogen-bond acceptors (Lipinski definition) is 6. The summed E-state index contributed by atoms with van der Waals surface area (Å²) in [6.07, 6.45) is -1.60. The molecule has 2 amide bonds. The van der Waals surface area contributed by atoms with Gasteiger partial charge in [-0.05, 0) is 48.6 Å². The Morgan fingerprint density at radius 2 is 1.45 bits per heavy atom. The number of carboxylic acids is 1. The van der Waals surface area contributed by atoms with Crippen LogP contribution in [0.4, 0.5) is 4.79 Å². The van der Waals surface area contributed by atoms with Crippen LogP contribution in [0.25, 0.3) is 11.1 Å². The fraction of sp³-hybridized carbons (Fsp3) is 0.364. The molecule has 0 saturated carbocycles. The fourth-order valence-corrected chi connectivity index (χ4v) is 5.10. The Hall–Kier alpha value is -4.21. The summed E-state index contributed by atoms with van der Waals surface area (Å²) >= 11 is 0. The topological polar surface area (TPSA) is 123 Å². The number of nitrogens with one attached hydrogen (secondary N) is 2. The molecule has 3 aromatic carbocycles. The molecule has 3 aromatic rings. The zero-order valence-electron chi connectivity index (χ0n) is 24.3. The molecular formula is C33H38N2O7. The van der Waals surface area contributed by atoms with Crippen molar-refractivity contribution in [1.29, 1.82) is 0 Å². The molecule has 3 unspecified atom stereocenters. The summed E-state index contributed by atoms with van der Waals surface area (Å²) in [5.74, 6) is -2.08. The average Bonchev–Trinajstić information content (AvgIpc) is 3.31. The van der Waals surface area contributed by atoms with E-state index in [0.29, 0.717) is 0 Å². The Kier molecular flexibility index (Phi) is 9.98. The summed E-state index contributed by atoms with van der Waals surface area (Å²) in [5, 5.41) is 15.0. The van der Waals surface area contributed by atoms with Crippen molar-refractivity contribution in [3.8, 4) is 11.1 Å². The van der Waals surface area contributed by atoms with Crippen LogP contribution in [-0.4, -0.2) is 60.6 Å². The molecule has 4 rings (SSSR count). The van der Waals surface area contributed by atoms with Gasteiger partial charge in [0.05, 0.1) is 18.3 Å². The van der Waals surface area contributed by atoms with Gasteiger partial charge in [0.2, 0.25) is 5.91 Å². The largest absolute Gasteiger partial charge is 0.480 e. The molecule has 3 atom stereocenters. The third kappa shape index (κ3) is 7.54. The Balaban J connectivity index is 1.47. The number of carbonyl (C=O) groups is 3. The summed E-state index contributed by atoms with van der Waals surface area (Å²) in [5.41, 5.74) is 4.40. The minimum atomic E-state index is -1.25. The molecule has 0 saturated heterocycles. The molecule has 222 valence electrons. The summed E-state index contributed by atoms with van der Waals surface area (Å²) in [6.45, 7) is 5.36. The molecule has 0 heterocycles. The van der Waals surface area contributed by atoms with E-state index in [4.69, 9.17) is 14.2 Å². The summed E-state index contributed by atoms with van der Waals surface area (Å²) < 4.78 is 17.0. The molecule has 1 aliphatic carbocycles. The Labute approximate surface area is 246 Å². The highest BCUT2D eigenvalue weighted by atomic mass is 16.5. The first-order valence-corrected chi connectivity index (χ1v) is 13.9. The number of rotatable bonds is 13. The number of methoxy groups -OCH3 is 1. The number of ether oxygens (including phenoxy) is 3. The van der Waals surface area contributed by atoms with E-state index in [9.17, 15) is 19.5 Å². The molecule has 0 aliphatic heterocycles. The lowest BCUT2D eigenvalue weighted by Crippen LogP contribution is -2.57. The van der Waals surface area contributed by atoms with Crippen molar-refractivity contribution < 1.29 is 33.7 Å². The minimum absolute atomic E-state index is 0.0154. The second-order valence-electron chi connectivity index (χ2n) is 11.0. The second-order valence-corrected chi connectivity index (χ2v) is 11.0. The summed E-state index contributed by atoms with van der Waals surface area (Å²) in [6, 6.07) is 22.9. The van der Waals surface area contributed by atoms with E-state index in [2.05, 4.69) is 10.6 Å². The minimum Gasteiger partial charge on any atom is -0.480 e.